The fourth-order valence-electron chi connectivity index (χ4n) is 4.56. The van der Waals surface area contributed by atoms with E-state index in [4.69, 9.17) is 4.74 Å². The highest BCUT2D eigenvalue weighted by Crippen LogP contribution is 2.30. The third-order valence-corrected chi connectivity index (χ3v) is 6.37. The zero-order chi connectivity index (χ0) is 23.4. The molecular weight excluding hydrogens is 456 g/mol. The number of benzene rings is 2. The van der Waals surface area contributed by atoms with Crippen molar-refractivity contribution < 1.29 is 19.4 Å². The number of carbonyl (C=O) groups excluding carboxylic acids is 2. The molecule has 2 saturated heterocycles. The van der Waals surface area contributed by atoms with Gasteiger partial charge in [-0.05, 0) is 31.5 Å². The van der Waals surface area contributed by atoms with E-state index in [1.807, 2.05) is 55.5 Å². The van der Waals surface area contributed by atoms with Crippen LogP contribution in [0.15, 0.2) is 54.6 Å². The molecule has 2 atom stereocenters. The quantitative estimate of drug-likeness (QED) is 0.555. The van der Waals surface area contributed by atoms with Gasteiger partial charge in [-0.15, -0.1) is 12.4 Å². The van der Waals surface area contributed by atoms with Crippen molar-refractivity contribution in [1.29, 1.82) is 0 Å². The van der Waals surface area contributed by atoms with Gasteiger partial charge in [0.05, 0.1) is 24.9 Å². The maximum atomic E-state index is 13.1. The Balaban J connectivity index is 0.00000324. The van der Waals surface area contributed by atoms with Crippen LogP contribution < -0.4 is 15.0 Å². The number of rotatable bonds is 8. The first kappa shape index (κ1) is 25.8. The number of nitrogens with zero attached hydrogens (tertiary/aromatic N) is 3. The monoisotopic (exact) mass is 488 g/mol. The molecule has 0 bridgehead atoms. The lowest BCUT2D eigenvalue weighted by Gasteiger charge is -2.37. The topological polar surface area (TPSA) is 85.3 Å². The van der Waals surface area contributed by atoms with Crippen LogP contribution in [-0.2, 0) is 10.3 Å². The SMILES string of the molecule is CCOc1ccccc1N1CCN(CC(O)CN2C(=O)NC(C)(c3ccccc3)C2=O)CC1.Cl. The van der Waals surface area contributed by atoms with Crippen LogP contribution in [0.2, 0.25) is 0 Å². The Hall–Kier alpha value is -2.81. The highest BCUT2D eigenvalue weighted by molar-refractivity contribution is 6.07. The van der Waals surface area contributed by atoms with Crippen molar-refractivity contribution in [2.45, 2.75) is 25.5 Å². The second-order valence-electron chi connectivity index (χ2n) is 8.68. The van der Waals surface area contributed by atoms with Gasteiger partial charge in [0.1, 0.15) is 11.3 Å². The number of amides is 3. The zero-order valence-corrected chi connectivity index (χ0v) is 20.5. The fourth-order valence-corrected chi connectivity index (χ4v) is 4.56. The number of para-hydroxylation sites is 2. The van der Waals surface area contributed by atoms with Gasteiger partial charge in [-0.1, -0.05) is 42.5 Å². The molecule has 2 N–H and O–H groups in total. The predicted octanol–water partition coefficient (Wildman–Crippen LogP) is 2.46. The van der Waals surface area contributed by atoms with Crippen molar-refractivity contribution in [2.75, 3.05) is 50.8 Å². The van der Waals surface area contributed by atoms with Crippen molar-refractivity contribution in [2.24, 2.45) is 0 Å². The standard InChI is InChI=1S/C25H32N4O4.ClH/c1-3-33-22-12-8-7-11-21(22)28-15-13-27(14-16-28)17-20(30)18-29-23(31)25(2,26-24(29)32)19-9-5-4-6-10-19;/h4-12,20,30H,3,13-18H2,1-2H3,(H,26,32);1H. The summed E-state index contributed by atoms with van der Waals surface area (Å²) >= 11 is 0. The third-order valence-electron chi connectivity index (χ3n) is 6.37. The van der Waals surface area contributed by atoms with Crippen molar-refractivity contribution in [3.05, 3.63) is 60.2 Å². The Morgan fingerprint density at radius 3 is 2.32 bits per heavy atom. The zero-order valence-electron chi connectivity index (χ0n) is 19.6. The summed E-state index contributed by atoms with van der Waals surface area (Å²) in [5.74, 6) is 0.545. The number of imide groups is 1. The van der Waals surface area contributed by atoms with Gasteiger partial charge < -0.3 is 20.1 Å². The van der Waals surface area contributed by atoms with Crippen LogP contribution in [0.1, 0.15) is 19.4 Å². The van der Waals surface area contributed by atoms with E-state index in [1.165, 1.54) is 0 Å². The molecule has 2 aliphatic rings. The lowest BCUT2D eigenvalue weighted by Crippen LogP contribution is -2.50. The van der Waals surface area contributed by atoms with E-state index < -0.39 is 17.7 Å². The molecule has 2 unspecified atom stereocenters. The number of halogens is 1. The smallest absolute Gasteiger partial charge is 0.325 e. The van der Waals surface area contributed by atoms with E-state index in [9.17, 15) is 14.7 Å². The molecule has 0 spiro atoms. The highest BCUT2D eigenvalue weighted by Gasteiger charge is 2.49. The summed E-state index contributed by atoms with van der Waals surface area (Å²) in [4.78, 5) is 31.2. The molecule has 9 heteroatoms. The summed E-state index contributed by atoms with van der Waals surface area (Å²) in [6, 6.07) is 16.7. The summed E-state index contributed by atoms with van der Waals surface area (Å²) in [5, 5.41) is 13.5. The predicted molar refractivity (Wildman–Crippen MR) is 134 cm³/mol. The van der Waals surface area contributed by atoms with Crippen LogP contribution in [0, 0.1) is 0 Å². The molecule has 0 aliphatic carbocycles. The summed E-state index contributed by atoms with van der Waals surface area (Å²) in [5.41, 5.74) is 0.695. The average molecular weight is 489 g/mol. The molecule has 0 aromatic heterocycles. The minimum Gasteiger partial charge on any atom is -0.492 e. The first-order chi connectivity index (χ1) is 15.9. The Morgan fingerprint density at radius 2 is 1.65 bits per heavy atom. The van der Waals surface area contributed by atoms with Gasteiger partial charge in [0.15, 0.2) is 0 Å². The third kappa shape index (κ3) is 5.29. The molecule has 2 aliphatic heterocycles. The number of hydrogen-bond donors (Lipinski definition) is 2. The van der Waals surface area contributed by atoms with Crippen molar-refractivity contribution in [1.82, 2.24) is 15.1 Å². The Bertz CT molecular complexity index is 984. The molecule has 4 rings (SSSR count). The van der Waals surface area contributed by atoms with Crippen molar-refractivity contribution in [3.8, 4) is 5.75 Å². The van der Waals surface area contributed by atoms with Gasteiger partial charge >= 0.3 is 6.03 Å². The molecule has 8 nitrogen and oxygen atoms in total. The van der Waals surface area contributed by atoms with Crippen molar-refractivity contribution >= 4 is 30.0 Å². The molecule has 0 radical (unpaired) electrons. The Morgan fingerprint density at radius 1 is 1.00 bits per heavy atom. The summed E-state index contributed by atoms with van der Waals surface area (Å²) < 4.78 is 5.75. The number of urea groups is 1. The normalized spacial score (nSPS) is 21.7. The number of ether oxygens (including phenoxy) is 1. The number of piperazine rings is 1. The minimum absolute atomic E-state index is 0. The van der Waals surface area contributed by atoms with Gasteiger partial charge in [0.25, 0.3) is 5.91 Å². The van der Waals surface area contributed by atoms with Crippen LogP contribution in [-0.4, -0.2) is 78.8 Å². The number of nitrogens with one attached hydrogen (secondary N) is 1. The minimum atomic E-state index is -1.11. The first-order valence-electron chi connectivity index (χ1n) is 11.5. The number of anilines is 1. The molecule has 0 saturated carbocycles. The lowest BCUT2D eigenvalue weighted by molar-refractivity contribution is -0.132. The number of hydrogen-bond acceptors (Lipinski definition) is 6. The second kappa shape index (κ2) is 11.1. The molecule has 3 amide bonds. The van der Waals surface area contributed by atoms with E-state index in [-0.39, 0.29) is 24.9 Å². The summed E-state index contributed by atoms with van der Waals surface area (Å²) in [6.07, 6.45) is -0.819. The second-order valence-corrected chi connectivity index (χ2v) is 8.68. The first-order valence-corrected chi connectivity index (χ1v) is 11.5. The van der Waals surface area contributed by atoms with E-state index in [0.717, 1.165) is 48.1 Å². The van der Waals surface area contributed by atoms with Gasteiger partial charge in [-0.3, -0.25) is 14.6 Å². The Labute approximate surface area is 206 Å². The van der Waals surface area contributed by atoms with Gasteiger partial charge in [-0.2, -0.15) is 0 Å². The highest BCUT2D eigenvalue weighted by atomic mass is 35.5. The number of β-amino-alcohol motifs (C(OH)–C–C–N with tert-alkyl or cyclic N) is 1. The maximum Gasteiger partial charge on any atom is 0.325 e. The van der Waals surface area contributed by atoms with Crippen molar-refractivity contribution in [3.63, 3.8) is 0 Å². The summed E-state index contributed by atoms with van der Waals surface area (Å²) in [6.45, 7) is 7.85. The lowest BCUT2D eigenvalue weighted by atomic mass is 9.92. The van der Waals surface area contributed by atoms with Gasteiger partial charge in [0, 0.05) is 32.7 Å². The van der Waals surface area contributed by atoms with Gasteiger partial charge in [-0.25, -0.2) is 4.79 Å². The molecule has 2 aromatic rings. The average Bonchev–Trinajstić information content (AvgIpc) is 3.05. The maximum absolute atomic E-state index is 13.1. The molecule has 184 valence electrons. The summed E-state index contributed by atoms with van der Waals surface area (Å²) in [7, 11) is 0. The van der Waals surface area contributed by atoms with Crippen LogP contribution in [0.4, 0.5) is 10.5 Å². The van der Waals surface area contributed by atoms with E-state index in [1.54, 1.807) is 6.92 Å². The van der Waals surface area contributed by atoms with E-state index in [2.05, 4.69) is 21.2 Å². The molecule has 2 fully saturated rings. The molecular formula is C25H33ClN4O4. The number of aliphatic hydroxyl groups excluding tert-OH is 1. The molecule has 34 heavy (non-hydrogen) atoms. The van der Waals surface area contributed by atoms with E-state index >= 15 is 0 Å². The number of carbonyl (C=O) groups is 2. The molecule has 2 aromatic carbocycles. The largest absolute Gasteiger partial charge is 0.492 e. The molecule has 2 heterocycles. The van der Waals surface area contributed by atoms with Crippen LogP contribution in [0.25, 0.3) is 0 Å². The van der Waals surface area contributed by atoms with E-state index in [0.29, 0.717) is 13.2 Å². The van der Waals surface area contributed by atoms with Crippen LogP contribution in [0.3, 0.4) is 0 Å². The van der Waals surface area contributed by atoms with Gasteiger partial charge in [0.2, 0.25) is 0 Å². The number of aliphatic hydroxyl groups is 1. The van der Waals surface area contributed by atoms with Crippen LogP contribution >= 0.6 is 12.4 Å². The Kier molecular flexibility index (Phi) is 8.41. The fraction of sp³-hybridized carbons (Fsp3) is 0.440. The van der Waals surface area contributed by atoms with Crippen LogP contribution in [0.5, 0.6) is 5.75 Å².